The van der Waals surface area contributed by atoms with Crippen molar-refractivity contribution in [1.29, 1.82) is 0 Å². The molecule has 5 nitrogen and oxygen atoms in total. The zero-order valence-electron chi connectivity index (χ0n) is 13.9. The molecule has 130 valence electrons. The lowest BCUT2D eigenvalue weighted by molar-refractivity contribution is -0.145. The lowest BCUT2D eigenvalue weighted by Gasteiger charge is -2.41. The third-order valence-corrected chi connectivity index (χ3v) is 5.60. The number of benzene rings is 1. The first-order chi connectivity index (χ1) is 11.6. The summed E-state index contributed by atoms with van der Waals surface area (Å²) in [5.41, 5.74) is 0.562. The van der Waals surface area contributed by atoms with Crippen LogP contribution in [0.15, 0.2) is 30.3 Å². The second-order valence-electron chi connectivity index (χ2n) is 6.91. The number of hydrogen-bond acceptors (Lipinski definition) is 3. The minimum Gasteiger partial charge on any atom is -0.481 e. The summed E-state index contributed by atoms with van der Waals surface area (Å²) in [6, 6.07) is 9.83. The van der Waals surface area contributed by atoms with E-state index in [1.54, 1.807) is 0 Å². The van der Waals surface area contributed by atoms with E-state index in [1.165, 1.54) is 0 Å². The molecular formula is C19H25NO4. The molecule has 5 heteroatoms. The lowest BCUT2D eigenvalue weighted by Crippen LogP contribution is -2.51. The zero-order valence-corrected chi connectivity index (χ0v) is 13.9. The normalized spacial score (nSPS) is 21.5. The Balaban J connectivity index is 1.66. The van der Waals surface area contributed by atoms with Gasteiger partial charge in [0, 0.05) is 19.8 Å². The van der Waals surface area contributed by atoms with Crippen molar-refractivity contribution < 1.29 is 19.4 Å². The van der Waals surface area contributed by atoms with Gasteiger partial charge in [0.25, 0.3) is 0 Å². The van der Waals surface area contributed by atoms with Crippen molar-refractivity contribution in [2.45, 2.75) is 37.5 Å². The number of rotatable bonds is 6. The average Bonchev–Trinajstić information content (AvgIpc) is 2.56. The van der Waals surface area contributed by atoms with Gasteiger partial charge in [-0.1, -0.05) is 36.8 Å². The van der Waals surface area contributed by atoms with Crippen LogP contribution in [0.25, 0.3) is 0 Å². The van der Waals surface area contributed by atoms with E-state index in [0.29, 0.717) is 13.2 Å². The molecule has 1 aromatic carbocycles. The SMILES string of the molecule is O=C(O)C(CNC(=O)C1(c2ccccc2)CCC1)C1CCOCC1. The highest BCUT2D eigenvalue weighted by molar-refractivity contribution is 5.89. The van der Waals surface area contributed by atoms with Gasteiger partial charge in [0.15, 0.2) is 0 Å². The van der Waals surface area contributed by atoms with Gasteiger partial charge in [-0.3, -0.25) is 9.59 Å². The van der Waals surface area contributed by atoms with Crippen LogP contribution in [0.1, 0.15) is 37.7 Å². The van der Waals surface area contributed by atoms with E-state index >= 15 is 0 Å². The summed E-state index contributed by atoms with van der Waals surface area (Å²) >= 11 is 0. The number of amides is 1. The Bertz CT molecular complexity index is 576. The highest BCUT2D eigenvalue weighted by Gasteiger charge is 2.45. The second-order valence-corrected chi connectivity index (χ2v) is 6.91. The third-order valence-electron chi connectivity index (χ3n) is 5.60. The predicted octanol–water partition coefficient (Wildman–Crippen LogP) is 2.35. The average molecular weight is 331 g/mol. The largest absolute Gasteiger partial charge is 0.481 e. The molecule has 1 heterocycles. The molecule has 0 spiro atoms. The van der Waals surface area contributed by atoms with Gasteiger partial charge >= 0.3 is 5.97 Å². The minimum absolute atomic E-state index is 0.0294. The summed E-state index contributed by atoms with van der Waals surface area (Å²) in [7, 11) is 0. The zero-order chi connectivity index (χ0) is 17.0. The van der Waals surface area contributed by atoms with Gasteiger partial charge in [0.1, 0.15) is 0 Å². The van der Waals surface area contributed by atoms with Crippen molar-refractivity contribution in [1.82, 2.24) is 5.32 Å². The molecule has 1 amide bonds. The summed E-state index contributed by atoms with van der Waals surface area (Å²) in [5, 5.41) is 12.5. The monoisotopic (exact) mass is 331 g/mol. The molecule has 1 unspecified atom stereocenters. The number of carboxylic acids is 1. The summed E-state index contributed by atoms with van der Waals surface area (Å²) in [5.74, 6) is -1.32. The molecule has 1 aromatic rings. The lowest BCUT2D eigenvalue weighted by atomic mass is 9.63. The Morgan fingerprint density at radius 2 is 1.88 bits per heavy atom. The van der Waals surface area contributed by atoms with Crippen LogP contribution >= 0.6 is 0 Å². The maximum Gasteiger partial charge on any atom is 0.308 e. The molecule has 0 radical (unpaired) electrons. The van der Waals surface area contributed by atoms with Crippen LogP contribution in [0, 0.1) is 11.8 Å². The maximum absolute atomic E-state index is 12.8. The molecule has 1 saturated heterocycles. The number of carboxylic acid groups (broad SMARTS) is 1. The van der Waals surface area contributed by atoms with E-state index in [0.717, 1.165) is 37.7 Å². The van der Waals surface area contributed by atoms with E-state index in [4.69, 9.17) is 4.74 Å². The molecule has 24 heavy (non-hydrogen) atoms. The van der Waals surface area contributed by atoms with E-state index < -0.39 is 17.3 Å². The molecule has 0 bridgehead atoms. The minimum atomic E-state index is -0.829. The van der Waals surface area contributed by atoms with Gasteiger partial charge in [0.05, 0.1) is 11.3 Å². The fraction of sp³-hybridized carbons (Fsp3) is 0.579. The molecule has 1 aliphatic carbocycles. The van der Waals surface area contributed by atoms with Crippen LogP contribution in [0.5, 0.6) is 0 Å². The van der Waals surface area contributed by atoms with Crippen molar-refractivity contribution in [2.24, 2.45) is 11.8 Å². The van der Waals surface area contributed by atoms with Crippen LogP contribution in [0.3, 0.4) is 0 Å². The Morgan fingerprint density at radius 1 is 1.21 bits per heavy atom. The van der Waals surface area contributed by atoms with Gasteiger partial charge in [-0.15, -0.1) is 0 Å². The van der Waals surface area contributed by atoms with Crippen LogP contribution in [0.2, 0.25) is 0 Å². The number of carbonyl (C=O) groups is 2. The van der Waals surface area contributed by atoms with Crippen LogP contribution < -0.4 is 5.32 Å². The quantitative estimate of drug-likeness (QED) is 0.839. The van der Waals surface area contributed by atoms with Crippen LogP contribution in [0.4, 0.5) is 0 Å². The molecule has 1 atom stereocenters. The van der Waals surface area contributed by atoms with Crippen molar-refractivity contribution in [3.63, 3.8) is 0 Å². The highest BCUT2D eigenvalue weighted by Crippen LogP contribution is 2.44. The van der Waals surface area contributed by atoms with Crippen molar-refractivity contribution >= 4 is 11.9 Å². The number of ether oxygens (including phenoxy) is 1. The topological polar surface area (TPSA) is 75.6 Å². The third kappa shape index (κ3) is 3.31. The molecule has 2 aliphatic rings. The molecule has 2 N–H and O–H groups in total. The van der Waals surface area contributed by atoms with E-state index in [2.05, 4.69) is 5.32 Å². The summed E-state index contributed by atoms with van der Waals surface area (Å²) in [4.78, 5) is 24.5. The summed E-state index contributed by atoms with van der Waals surface area (Å²) in [6.07, 6.45) is 4.19. The maximum atomic E-state index is 12.8. The first kappa shape index (κ1) is 17.0. The predicted molar refractivity (Wildman–Crippen MR) is 89.6 cm³/mol. The van der Waals surface area contributed by atoms with Crippen molar-refractivity contribution in [3.05, 3.63) is 35.9 Å². The summed E-state index contributed by atoms with van der Waals surface area (Å²) < 4.78 is 5.31. The van der Waals surface area contributed by atoms with Crippen molar-refractivity contribution in [2.75, 3.05) is 19.8 Å². The molecule has 2 fully saturated rings. The van der Waals surface area contributed by atoms with Gasteiger partial charge < -0.3 is 15.2 Å². The fourth-order valence-corrected chi connectivity index (χ4v) is 3.88. The van der Waals surface area contributed by atoms with Crippen LogP contribution in [-0.2, 0) is 19.7 Å². The number of carbonyl (C=O) groups excluding carboxylic acids is 1. The first-order valence-corrected chi connectivity index (χ1v) is 8.78. The molecular weight excluding hydrogens is 306 g/mol. The Morgan fingerprint density at radius 3 is 2.42 bits per heavy atom. The van der Waals surface area contributed by atoms with Gasteiger partial charge in [-0.25, -0.2) is 0 Å². The van der Waals surface area contributed by atoms with Gasteiger partial charge in [-0.05, 0) is 37.2 Å². The Hall–Kier alpha value is -1.88. The molecule has 1 saturated carbocycles. The Kier molecular flexibility index (Phi) is 5.19. The smallest absolute Gasteiger partial charge is 0.308 e. The van der Waals surface area contributed by atoms with E-state index in [1.807, 2.05) is 30.3 Å². The summed E-state index contributed by atoms with van der Waals surface area (Å²) in [6.45, 7) is 1.42. The molecule has 3 rings (SSSR count). The fourth-order valence-electron chi connectivity index (χ4n) is 3.88. The van der Waals surface area contributed by atoms with Gasteiger partial charge in [-0.2, -0.15) is 0 Å². The van der Waals surface area contributed by atoms with E-state index in [9.17, 15) is 14.7 Å². The van der Waals surface area contributed by atoms with Crippen LogP contribution in [-0.4, -0.2) is 36.7 Å². The van der Waals surface area contributed by atoms with Gasteiger partial charge in [0.2, 0.25) is 5.91 Å². The molecule has 1 aliphatic heterocycles. The number of aliphatic carboxylic acids is 1. The molecule has 0 aromatic heterocycles. The van der Waals surface area contributed by atoms with Crippen molar-refractivity contribution in [3.8, 4) is 0 Å². The van der Waals surface area contributed by atoms with E-state index in [-0.39, 0.29) is 18.4 Å². The second kappa shape index (κ2) is 7.34. The number of nitrogens with one attached hydrogen (secondary N) is 1. The standard InChI is InChI=1S/C19H25NO4/c21-17(22)16(14-7-11-24-12-8-14)13-20-18(23)19(9-4-10-19)15-5-2-1-3-6-15/h1-3,5-6,14,16H,4,7-13H2,(H,20,23)(H,21,22). The first-order valence-electron chi connectivity index (χ1n) is 8.78. The Labute approximate surface area is 142 Å². The number of hydrogen-bond donors (Lipinski definition) is 2. The highest BCUT2D eigenvalue weighted by atomic mass is 16.5.